The molecule has 0 aliphatic rings. The molecule has 1 aromatic heterocycles. The van der Waals surface area contributed by atoms with Crippen LogP contribution in [0.25, 0.3) is 0 Å². The summed E-state index contributed by atoms with van der Waals surface area (Å²) in [7, 11) is 1.76. The van der Waals surface area contributed by atoms with Gasteiger partial charge in [-0.3, -0.25) is 9.48 Å². The molecule has 102 valence electrons. The average molecular weight is 270 g/mol. The van der Waals surface area contributed by atoms with Gasteiger partial charge in [0.05, 0.1) is 16.9 Å². The highest BCUT2D eigenvalue weighted by Gasteiger charge is 2.14. The van der Waals surface area contributed by atoms with Gasteiger partial charge in [0.25, 0.3) is 5.91 Å². The van der Waals surface area contributed by atoms with Crippen LogP contribution in [0.2, 0.25) is 0 Å². The Balaban J connectivity index is 2.20. The first-order chi connectivity index (χ1) is 9.61. The van der Waals surface area contributed by atoms with Crippen LogP contribution in [0.5, 0.6) is 5.75 Å². The third-order valence-corrected chi connectivity index (χ3v) is 2.69. The topological polar surface area (TPSA) is 79.9 Å². The molecule has 0 spiro atoms. The summed E-state index contributed by atoms with van der Waals surface area (Å²) < 4.78 is 6.85. The number of aromatic nitrogens is 2. The van der Waals surface area contributed by atoms with Gasteiger partial charge in [0.15, 0.2) is 6.61 Å². The molecule has 0 atom stereocenters. The van der Waals surface area contributed by atoms with E-state index in [-0.39, 0.29) is 12.5 Å². The van der Waals surface area contributed by atoms with Crippen molar-refractivity contribution < 1.29 is 9.53 Å². The lowest BCUT2D eigenvalue weighted by molar-refractivity contribution is 0.102. The number of benzene rings is 1. The van der Waals surface area contributed by atoms with Crippen molar-refractivity contribution in [3.63, 3.8) is 0 Å². The first kappa shape index (κ1) is 13.6. The van der Waals surface area contributed by atoms with Crippen LogP contribution in [0.3, 0.4) is 0 Å². The predicted molar refractivity (Wildman–Crippen MR) is 73.4 cm³/mol. The molecule has 0 fully saturated rings. The van der Waals surface area contributed by atoms with E-state index in [1.807, 2.05) is 6.07 Å². The number of hydrogen-bond acceptors (Lipinski definition) is 4. The SMILES string of the molecule is Cc1nn(C)cc1C(=O)Nc1ccccc1OCC#N. The largest absolute Gasteiger partial charge is 0.477 e. The summed E-state index contributed by atoms with van der Waals surface area (Å²) in [6.45, 7) is 1.70. The van der Waals surface area contributed by atoms with Gasteiger partial charge in [-0.05, 0) is 19.1 Å². The lowest BCUT2D eigenvalue weighted by Gasteiger charge is -2.10. The number of nitriles is 1. The molecule has 1 aromatic carbocycles. The quantitative estimate of drug-likeness (QED) is 0.919. The highest BCUT2D eigenvalue weighted by Crippen LogP contribution is 2.24. The Hall–Kier alpha value is -2.81. The van der Waals surface area contributed by atoms with E-state index in [4.69, 9.17) is 10.00 Å². The second-order valence-corrected chi connectivity index (χ2v) is 4.20. The molecule has 1 heterocycles. The van der Waals surface area contributed by atoms with Gasteiger partial charge in [0.1, 0.15) is 11.8 Å². The van der Waals surface area contributed by atoms with Crippen molar-refractivity contribution in [1.29, 1.82) is 5.26 Å². The number of nitrogens with one attached hydrogen (secondary N) is 1. The number of carbonyl (C=O) groups is 1. The Kier molecular flexibility index (Phi) is 4.01. The Morgan fingerprint density at radius 2 is 2.25 bits per heavy atom. The lowest BCUT2D eigenvalue weighted by atomic mass is 10.2. The van der Waals surface area contributed by atoms with Gasteiger partial charge in [-0.1, -0.05) is 12.1 Å². The van der Waals surface area contributed by atoms with Crippen LogP contribution in [0, 0.1) is 18.3 Å². The third-order valence-electron chi connectivity index (χ3n) is 2.69. The van der Waals surface area contributed by atoms with Crippen LogP contribution in [-0.4, -0.2) is 22.3 Å². The lowest BCUT2D eigenvalue weighted by Crippen LogP contribution is -2.13. The number of para-hydroxylation sites is 2. The van der Waals surface area contributed by atoms with Crippen molar-refractivity contribution in [2.45, 2.75) is 6.92 Å². The first-order valence-electron chi connectivity index (χ1n) is 6.02. The molecular formula is C14H14N4O2. The number of carbonyl (C=O) groups excluding carboxylic acids is 1. The van der Waals surface area contributed by atoms with Crippen LogP contribution in [-0.2, 0) is 7.05 Å². The minimum Gasteiger partial charge on any atom is -0.477 e. The molecule has 1 amide bonds. The molecule has 2 aromatic rings. The second kappa shape index (κ2) is 5.89. The number of nitrogens with zero attached hydrogens (tertiary/aromatic N) is 3. The van der Waals surface area contributed by atoms with Crippen molar-refractivity contribution in [3.8, 4) is 11.8 Å². The molecule has 0 radical (unpaired) electrons. The van der Waals surface area contributed by atoms with E-state index in [2.05, 4.69) is 10.4 Å². The zero-order chi connectivity index (χ0) is 14.5. The number of rotatable bonds is 4. The van der Waals surface area contributed by atoms with Gasteiger partial charge in [-0.2, -0.15) is 10.4 Å². The van der Waals surface area contributed by atoms with Gasteiger partial charge < -0.3 is 10.1 Å². The van der Waals surface area contributed by atoms with Crippen LogP contribution in [0.15, 0.2) is 30.5 Å². The maximum absolute atomic E-state index is 12.2. The molecule has 0 aliphatic carbocycles. The third kappa shape index (κ3) is 2.95. The van der Waals surface area contributed by atoms with Gasteiger partial charge in [-0.15, -0.1) is 0 Å². The Morgan fingerprint density at radius 1 is 1.50 bits per heavy atom. The van der Waals surface area contributed by atoms with Crippen LogP contribution < -0.4 is 10.1 Å². The molecule has 6 nitrogen and oxygen atoms in total. The number of ether oxygens (including phenoxy) is 1. The van der Waals surface area contributed by atoms with E-state index in [1.165, 1.54) is 0 Å². The van der Waals surface area contributed by atoms with E-state index in [0.29, 0.717) is 22.7 Å². The predicted octanol–water partition coefficient (Wildman–Crippen LogP) is 1.88. The molecule has 1 N–H and O–H groups in total. The smallest absolute Gasteiger partial charge is 0.259 e. The van der Waals surface area contributed by atoms with E-state index in [0.717, 1.165) is 0 Å². The molecule has 0 saturated carbocycles. The van der Waals surface area contributed by atoms with Crippen LogP contribution in [0.4, 0.5) is 5.69 Å². The van der Waals surface area contributed by atoms with Gasteiger partial charge in [-0.25, -0.2) is 0 Å². The summed E-state index contributed by atoms with van der Waals surface area (Å²) in [5.41, 5.74) is 1.68. The normalized spacial score (nSPS) is 9.85. The average Bonchev–Trinajstić information content (AvgIpc) is 2.77. The molecule has 0 saturated heterocycles. The fourth-order valence-electron chi connectivity index (χ4n) is 1.82. The fraction of sp³-hybridized carbons (Fsp3) is 0.214. The summed E-state index contributed by atoms with van der Waals surface area (Å²) in [5, 5.41) is 15.4. The Morgan fingerprint density at radius 3 is 2.90 bits per heavy atom. The maximum atomic E-state index is 12.2. The Labute approximate surface area is 116 Å². The number of amides is 1. The summed E-state index contributed by atoms with van der Waals surface area (Å²) in [4.78, 5) is 12.2. The van der Waals surface area contributed by atoms with Gasteiger partial charge in [0, 0.05) is 13.2 Å². The molecule has 2 rings (SSSR count). The maximum Gasteiger partial charge on any atom is 0.259 e. The van der Waals surface area contributed by atoms with Gasteiger partial charge >= 0.3 is 0 Å². The van der Waals surface area contributed by atoms with Crippen molar-refractivity contribution >= 4 is 11.6 Å². The van der Waals surface area contributed by atoms with E-state index in [1.54, 1.807) is 49.1 Å². The highest BCUT2D eigenvalue weighted by molar-refractivity contribution is 6.05. The van der Waals surface area contributed by atoms with Gasteiger partial charge in [0.2, 0.25) is 0 Å². The molecule has 20 heavy (non-hydrogen) atoms. The summed E-state index contributed by atoms with van der Waals surface area (Å²) in [6.07, 6.45) is 1.66. The summed E-state index contributed by atoms with van der Waals surface area (Å²) in [5.74, 6) is 0.201. The number of aryl methyl sites for hydroxylation is 2. The van der Waals surface area contributed by atoms with Crippen molar-refractivity contribution in [2.75, 3.05) is 11.9 Å². The molecule has 0 unspecified atom stereocenters. The first-order valence-corrected chi connectivity index (χ1v) is 6.02. The monoisotopic (exact) mass is 270 g/mol. The fourth-order valence-corrected chi connectivity index (χ4v) is 1.82. The minimum atomic E-state index is -0.261. The summed E-state index contributed by atoms with van der Waals surface area (Å²) in [6, 6.07) is 8.87. The van der Waals surface area contributed by atoms with Crippen molar-refractivity contribution in [2.24, 2.45) is 7.05 Å². The van der Waals surface area contributed by atoms with E-state index in [9.17, 15) is 4.79 Å². The van der Waals surface area contributed by atoms with E-state index < -0.39 is 0 Å². The molecule has 6 heteroatoms. The number of hydrogen-bond donors (Lipinski definition) is 1. The standard InChI is InChI=1S/C14H14N4O2/c1-10-11(9-18(2)17-10)14(19)16-12-5-3-4-6-13(12)20-8-7-15/h3-6,9H,8H2,1-2H3,(H,16,19). The van der Waals surface area contributed by atoms with Crippen molar-refractivity contribution in [1.82, 2.24) is 9.78 Å². The highest BCUT2D eigenvalue weighted by atomic mass is 16.5. The molecule has 0 aliphatic heterocycles. The zero-order valence-electron chi connectivity index (χ0n) is 11.3. The minimum absolute atomic E-state index is 0.0706. The summed E-state index contributed by atoms with van der Waals surface area (Å²) >= 11 is 0. The van der Waals surface area contributed by atoms with Crippen LogP contribution in [0.1, 0.15) is 16.1 Å². The van der Waals surface area contributed by atoms with Crippen LogP contribution >= 0.6 is 0 Å². The second-order valence-electron chi connectivity index (χ2n) is 4.20. The molecular weight excluding hydrogens is 256 g/mol. The Bertz CT molecular complexity index is 670. The van der Waals surface area contributed by atoms with Crippen molar-refractivity contribution in [3.05, 3.63) is 41.7 Å². The molecule has 0 bridgehead atoms. The zero-order valence-corrected chi connectivity index (χ0v) is 11.3. The number of anilines is 1. The van der Waals surface area contributed by atoms with E-state index >= 15 is 0 Å².